The van der Waals surface area contributed by atoms with E-state index in [1.165, 1.54) is 0 Å². The van der Waals surface area contributed by atoms with Crippen LogP contribution in [0.2, 0.25) is 0 Å². The first-order valence-electron chi connectivity index (χ1n) is 5.77. The van der Waals surface area contributed by atoms with Gasteiger partial charge in [-0.25, -0.2) is 4.79 Å². The molecule has 0 bridgehead atoms. The molecule has 0 heterocycles. The zero-order valence-corrected chi connectivity index (χ0v) is 11.7. The predicted molar refractivity (Wildman–Crippen MR) is 73.4 cm³/mol. The fraction of sp³-hybridized carbons (Fsp3) is 0.385. The maximum Gasteiger partial charge on any atom is 0.326 e. The summed E-state index contributed by atoms with van der Waals surface area (Å²) >= 11 is 3.33. The standard InChI is InChI=1S/C13H15BrN2O2/c1-2-3-4-12(13(17)18)16-11-6-5-9(8-15)7-10(11)14/h5-7,12,16H,2-4H2,1H3,(H,17,18). The van der Waals surface area contributed by atoms with Crippen LogP contribution in [-0.4, -0.2) is 17.1 Å². The zero-order chi connectivity index (χ0) is 13.5. The van der Waals surface area contributed by atoms with Crippen LogP contribution in [0.3, 0.4) is 0 Å². The number of carboxylic acid groups (broad SMARTS) is 1. The van der Waals surface area contributed by atoms with Crippen LogP contribution in [0.4, 0.5) is 5.69 Å². The van der Waals surface area contributed by atoms with Crippen LogP contribution in [-0.2, 0) is 4.79 Å². The highest BCUT2D eigenvalue weighted by Crippen LogP contribution is 2.24. The Balaban J connectivity index is 2.81. The van der Waals surface area contributed by atoms with E-state index in [1.54, 1.807) is 18.2 Å². The first-order chi connectivity index (χ1) is 8.58. The third-order valence-corrected chi connectivity index (χ3v) is 3.23. The van der Waals surface area contributed by atoms with Crippen molar-refractivity contribution in [2.75, 3.05) is 5.32 Å². The van der Waals surface area contributed by atoms with Gasteiger partial charge in [-0.1, -0.05) is 19.8 Å². The second-order valence-electron chi connectivity index (χ2n) is 3.98. The van der Waals surface area contributed by atoms with Crippen LogP contribution in [0.25, 0.3) is 0 Å². The van der Waals surface area contributed by atoms with E-state index in [9.17, 15) is 4.79 Å². The zero-order valence-electron chi connectivity index (χ0n) is 10.1. The topological polar surface area (TPSA) is 73.1 Å². The van der Waals surface area contributed by atoms with Crippen molar-refractivity contribution < 1.29 is 9.90 Å². The fourth-order valence-electron chi connectivity index (χ4n) is 1.56. The average molecular weight is 311 g/mol. The number of aliphatic carboxylic acids is 1. The molecule has 1 unspecified atom stereocenters. The molecular weight excluding hydrogens is 296 g/mol. The Bertz CT molecular complexity index is 469. The van der Waals surface area contributed by atoms with Crippen LogP contribution >= 0.6 is 15.9 Å². The minimum absolute atomic E-state index is 0.535. The molecule has 0 saturated carbocycles. The SMILES string of the molecule is CCCCC(Nc1ccc(C#N)cc1Br)C(=O)O. The summed E-state index contributed by atoms with van der Waals surface area (Å²) in [5.74, 6) is -0.861. The fourth-order valence-corrected chi connectivity index (χ4v) is 2.05. The molecule has 2 N–H and O–H groups in total. The molecule has 96 valence electrons. The van der Waals surface area contributed by atoms with Crippen LogP contribution < -0.4 is 5.32 Å². The Morgan fingerprint density at radius 3 is 2.83 bits per heavy atom. The van der Waals surface area contributed by atoms with E-state index < -0.39 is 12.0 Å². The van der Waals surface area contributed by atoms with Gasteiger partial charge in [0.25, 0.3) is 0 Å². The van der Waals surface area contributed by atoms with Gasteiger partial charge in [-0.3, -0.25) is 0 Å². The largest absolute Gasteiger partial charge is 0.480 e. The lowest BCUT2D eigenvalue weighted by atomic mass is 10.1. The number of anilines is 1. The molecule has 0 spiro atoms. The number of halogens is 1. The van der Waals surface area contributed by atoms with Gasteiger partial charge in [0.2, 0.25) is 0 Å². The summed E-state index contributed by atoms with van der Waals surface area (Å²) in [6, 6.07) is 6.47. The van der Waals surface area contributed by atoms with Crippen LogP contribution in [0, 0.1) is 11.3 Å². The molecule has 0 amide bonds. The van der Waals surface area contributed by atoms with Gasteiger partial charge < -0.3 is 10.4 Å². The molecule has 0 aliphatic carbocycles. The van der Waals surface area contributed by atoms with Crippen molar-refractivity contribution in [3.05, 3.63) is 28.2 Å². The highest BCUT2D eigenvalue weighted by atomic mass is 79.9. The summed E-state index contributed by atoms with van der Waals surface area (Å²) in [5.41, 5.74) is 1.23. The number of unbranched alkanes of at least 4 members (excludes halogenated alkanes) is 1. The second-order valence-corrected chi connectivity index (χ2v) is 4.84. The van der Waals surface area contributed by atoms with Gasteiger partial charge >= 0.3 is 5.97 Å². The summed E-state index contributed by atoms with van der Waals surface area (Å²) in [6.45, 7) is 2.02. The van der Waals surface area contributed by atoms with Crippen molar-refractivity contribution in [1.82, 2.24) is 0 Å². The Morgan fingerprint density at radius 1 is 1.61 bits per heavy atom. The monoisotopic (exact) mass is 310 g/mol. The van der Waals surface area contributed by atoms with Crippen molar-refractivity contribution in [3.63, 3.8) is 0 Å². The molecule has 1 rings (SSSR count). The van der Waals surface area contributed by atoms with Gasteiger partial charge in [0.15, 0.2) is 0 Å². The molecule has 1 aromatic carbocycles. The summed E-state index contributed by atoms with van der Waals surface area (Å²) in [6.07, 6.45) is 2.40. The molecule has 0 aliphatic heterocycles. The van der Waals surface area contributed by atoms with Crippen LogP contribution in [0.15, 0.2) is 22.7 Å². The minimum atomic E-state index is -0.861. The smallest absolute Gasteiger partial charge is 0.326 e. The van der Waals surface area contributed by atoms with E-state index in [4.69, 9.17) is 10.4 Å². The number of benzene rings is 1. The predicted octanol–water partition coefficient (Wildman–Crippen LogP) is 3.38. The van der Waals surface area contributed by atoms with E-state index in [-0.39, 0.29) is 0 Å². The Morgan fingerprint density at radius 2 is 2.33 bits per heavy atom. The van der Waals surface area contributed by atoms with E-state index >= 15 is 0 Å². The normalized spacial score (nSPS) is 11.6. The first kappa shape index (κ1) is 14.5. The minimum Gasteiger partial charge on any atom is -0.480 e. The lowest BCUT2D eigenvalue weighted by Gasteiger charge is -2.16. The number of nitrogens with one attached hydrogen (secondary N) is 1. The highest BCUT2D eigenvalue weighted by molar-refractivity contribution is 9.10. The Hall–Kier alpha value is -1.54. The van der Waals surface area contributed by atoms with Crippen molar-refractivity contribution in [2.24, 2.45) is 0 Å². The van der Waals surface area contributed by atoms with Gasteiger partial charge in [-0.2, -0.15) is 5.26 Å². The number of carboxylic acids is 1. The van der Waals surface area contributed by atoms with Crippen molar-refractivity contribution in [3.8, 4) is 6.07 Å². The highest BCUT2D eigenvalue weighted by Gasteiger charge is 2.17. The molecule has 0 radical (unpaired) electrons. The second kappa shape index (κ2) is 7.02. The van der Waals surface area contributed by atoms with Crippen LogP contribution in [0.5, 0.6) is 0 Å². The van der Waals surface area contributed by atoms with Crippen LogP contribution in [0.1, 0.15) is 31.7 Å². The third kappa shape index (κ3) is 4.04. The Kier molecular flexibility index (Phi) is 5.66. The van der Waals surface area contributed by atoms with E-state index in [2.05, 4.69) is 21.2 Å². The first-order valence-corrected chi connectivity index (χ1v) is 6.56. The van der Waals surface area contributed by atoms with Gasteiger partial charge in [0, 0.05) is 10.2 Å². The lowest BCUT2D eigenvalue weighted by molar-refractivity contribution is -0.138. The molecular formula is C13H15BrN2O2. The van der Waals surface area contributed by atoms with Gasteiger partial charge in [0.05, 0.1) is 11.6 Å². The number of carbonyl (C=O) groups is 1. The van der Waals surface area contributed by atoms with Gasteiger partial charge in [-0.05, 0) is 40.5 Å². The molecule has 0 fully saturated rings. The van der Waals surface area contributed by atoms with Gasteiger partial charge in [0.1, 0.15) is 6.04 Å². The average Bonchev–Trinajstić information content (AvgIpc) is 2.35. The molecule has 0 aromatic heterocycles. The molecule has 1 aromatic rings. The maximum absolute atomic E-state index is 11.1. The number of nitrogens with zero attached hydrogens (tertiary/aromatic N) is 1. The van der Waals surface area contributed by atoms with Crippen molar-refractivity contribution >= 4 is 27.6 Å². The van der Waals surface area contributed by atoms with E-state index in [0.717, 1.165) is 12.8 Å². The molecule has 1 atom stereocenters. The summed E-state index contributed by atoms with van der Waals surface area (Å²) in [4.78, 5) is 11.1. The number of hydrogen-bond acceptors (Lipinski definition) is 3. The molecule has 4 nitrogen and oxygen atoms in total. The number of hydrogen-bond donors (Lipinski definition) is 2. The lowest BCUT2D eigenvalue weighted by Crippen LogP contribution is -2.29. The Labute approximate surface area is 115 Å². The summed E-state index contributed by atoms with van der Waals surface area (Å²) in [7, 11) is 0. The van der Waals surface area contributed by atoms with Crippen molar-refractivity contribution in [2.45, 2.75) is 32.2 Å². The molecule has 18 heavy (non-hydrogen) atoms. The summed E-state index contributed by atoms with van der Waals surface area (Å²) in [5, 5.41) is 20.9. The maximum atomic E-state index is 11.1. The van der Waals surface area contributed by atoms with E-state index in [1.807, 2.05) is 13.0 Å². The third-order valence-electron chi connectivity index (χ3n) is 2.57. The number of nitriles is 1. The van der Waals surface area contributed by atoms with Gasteiger partial charge in [-0.15, -0.1) is 0 Å². The van der Waals surface area contributed by atoms with E-state index in [0.29, 0.717) is 22.1 Å². The molecule has 5 heteroatoms. The quantitative estimate of drug-likeness (QED) is 0.844. The van der Waals surface area contributed by atoms with Crippen molar-refractivity contribution in [1.29, 1.82) is 5.26 Å². The molecule has 0 aliphatic rings. The number of rotatable bonds is 6. The summed E-state index contributed by atoms with van der Waals surface area (Å²) < 4.78 is 0.698. The molecule has 0 saturated heterocycles.